The predicted octanol–water partition coefficient (Wildman–Crippen LogP) is 3.81. The molecule has 0 N–H and O–H groups in total. The van der Waals surface area contributed by atoms with Gasteiger partial charge in [-0.2, -0.15) is 0 Å². The van der Waals surface area contributed by atoms with Gasteiger partial charge in [0.2, 0.25) is 5.91 Å². The molecule has 1 amide bonds. The van der Waals surface area contributed by atoms with Crippen molar-refractivity contribution in [2.45, 2.75) is 51.1 Å². The Bertz CT molecular complexity index is 776. The molecule has 0 aliphatic carbocycles. The minimum absolute atomic E-state index is 0.0492. The first-order valence-electron chi connectivity index (χ1n) is 9.74. The van der Waals surface area contributed by atoms with Gasteiger partial charge in [-0.05, 0) is 55.5 Å². The number of benzene rings is 1. The number of fused-ring (bicyclic) bond motifs is 1. The highest BCUT2D eigenvalue weighted by molar-refractivity contribution is 5.95. The molecule has 4 rings (SSSR count). The Hall–Kier alpha value is -2.20. The molecule has 1 aromatic heterocycles. The van der Waals surface area contributed by atoms with Crippen molar-refractivity contribution in [1.82, 2.24) is 9.88 Å². The number of aromatic nitrogens is 1. The summed E-state index contributed by atoms with van der Waals surface area (Å²) in [6.07, 6.45) is 8.67. The van der Waals surface area contributed by atoms with Crippen LogP contribution in [0.4, 0.5) is 5.69 Å². The van der Waals surface area contributed by atoms with E-state index in [1.54, 1.807) is 0 Å². The number of pyridine rings is 1. The lowest BCUT2D eigenvalue weighted by molar-refractivity contribution is -0.119. The second kappa shape index (κ2) is 7.20. The van der Waals surface area contributed by atoms with Crippen molar-refractivity contribution in [2.75, 3.05) is 18.0 Å². The Kier molecular flexibility index (Phi) is 4.77. The number of carbonyl (C=O) groups excluding carboxylic acids is 1. The summed E-state index contributed by atoms with van der Waals surface area (Å²) in [5.74, 6) is 0.257. The molecule has 2 aliphatic rings. The van der Waals surface area contributed by atoms with E-state index in [1.807, 2.05) is 24.5 Å². The van der Waals surface area contributed by atoms with Gasteiger partial charge in [-0.1, -0.05) is 31.2 Å². The maximum absolute atomic E-state index is 12.9. The van der Waals surface area contributed by atoms with Crippen LogP contribution in [0.2, 0.25) is 0 Å². The number of rotatable bonds is 4. The second-order valence-corrected chi connectivity index (χ2v) is 7.65. The normalized spacial score (nSPS) is 22.6. The molecule has 1 atom stereocenters. The molecule has 4 nitrogen and oxygen atoms in total. The van der Waals surface area contributed by atoms with Crippen molar-refractivity contribution in [3.05, 3.63) is 59.9 Å². The molecular formula is C22H27N3O. The summed E-state index contributed by atoms with van der Waals surface area (Å²) in [5.41, 5.74) is 3.72. The van der Waals surface area contributed by atoms with Gasteiger partial charge in [-0.15, -0.1) is 0 Å². The van der Waals surface area contributed by atoms with Crippen LogP contribution in [0.15, 0.2) is 48.8 Å². The monoisotopic (exact) mass is 349 g/mol. The van der Waals surface area contributed by atoms with Crippen LogP contribution in [0.5, 0.6) is 0 Å². The Labute approximate surface area is 155 Å². The summed E-state index contributed by atoms with van der Waals surface area (Å²) in [6.45, 7) is 4.88. The standard InChI is InChI=1S/C22H27N3O/c1-2-7-21(26)25-17-22(14-19-9-3-4-10-20(19)25)11-6-13-24(22)16-18-8-5-12-23-15-18/h3-5,8-10,12,15H,2,6-7,11,13-14,16-17H2,1H3. The van der Waals surface area contributed by atoms with Crippen LogP contribution in [0.3, 0.4) is 0 Å². The number of carbonyl (C=O) groups is 1. The molecule has 1 fully saturated rings. The van der Waals surface area contributed by atoms with Crippen LogP contribution >= 0.6 is 0 Å². The molecule has 1 aromatic carbocycles. The van der Waals surface area contributed by atoms with Crippen molar-refractivity contribution in [3.8, 4) is 0 Å². The third kappa shape index (κ3) is 3.14. The topological polar surface area (TPSA) is 36.4 Å². The second-order valence-electron chi connectivity index (χ2n) is 7.65. The number of hydrogen-bond donors (Lipinski definition) is 0. The van der Waals surface area contributed by atoms with Crippen LogP contribution in [-0.2, 0) is 17.8 Å². The zero-order chi connectivity index (χ0) is 18.0. The maximum atomic E-state index is 12.9. The average molecular weight is 349 g/mol. The van der Waals surface area contributed by atoms with E-state index >= 15 is 0 Å². The summed E-state index contributed by atoms with van der Waals surface area (Å²) in [4.78, 5) is 21.8. The highest BCUT2D eigenvalue weighted by Gasteiger charge is 2.46. The van der Waals surface area contributed by atoms with Gasteiger partial charge < -0.3 is 4.90 Å². The lowest BCUT2D eigenvalue weighted by Gasteiger charge is -2.46. The van der Waals surface area contributed by atoms with Crippen molar-refractivity contribution in [2.24, 2.45) is 0 Å². The fraction of sp³-hybridized carbons (Fsp3) is 0.455. The van der Waals surface area contributed by atoms with Gasteiger partial charge in [0, 0.05) is 43.1 Å². The lowest BCUT2D eigenvalue weighted by Crippen LogP contribution is -2.57. The molecule has 2 aromatic rings. The Morgan fingerprint density at radius 1 is 1.23 bits per heavy atom. The molecule has 1 saturated heterocycles. The summed E-state index contributed by atoms with van der Waals surface area (Å²) >= 11 is 0. The van der Waals surface area contributed by atoms with Gasteiger partial charge in [0.15, 0.2) is 0 Å². The molecule has 1 spiro atoms. The van der Waals surface area contributed by atoms with E-state index in [0.29, 0.717) is 6.42 Å². The summed E-state index contributed by atoms with van der Waals surface area (Å²) in [7, 11) is 0. The molecule has 4 heteroatoms. The number of para-hydroxylation sites is 1. The predicted molar refractivity (Wildman–Crippen MR) is 104 cm³/mol. The number of amides is 1. The fourth-order valence-electron chi connectivity index (χ4n) is 4.62. The van der Waals surface area contributed by atoms with E-state index in [9.17, 15) is 4.79 Å². The minimum Gasteiger partial charge on any atom is -0.310 e. The van der Waals surface area contributed by atoms with Crippen LogP contribution in [0.1, 0.15) is 43.7 Å². The maximum Gasteiger partial charge on any atom is 0.227 e. The highest BCUT2D eigenvalue weighted by atomic mass is 16.2. The SMILES string of the molecule is CCCC(=O)N1CC2(CCCN2Cc2cccnc2)Cc2ccccc21. The zero-order valence-electron chi connectivity index (χ0n) is 15.5. The number of hydrogen-bond acceptors (Lipinski definition) is 3. The fourth-order valence-corrected chi connectivity index (χ4v) is 4.62. The smallest absolute Gasteiger partial charge is 0.227 e. The van der Waals surface area contributed by atoms with E-state index in [4.69, 9.17) is 0 Å². The average Bonchev–Trinajstić information content (AvgIpc) is 3.03. The van der Waals surface area contributed by atoms with Crippen LogP contribution in [0.25, 0.3) is 0 Å². The van der Waals surface area contributed by atoms with Gasteiger partial charge in [-0.25, -0.2) is 0 Å². The molecule has 3 heterocycles. The molecule has 136 valence electrons. The first-order chi connectivity index (χ1) is 12.7. The molecule has 1 unspecified atom stereocenters. The Morgan fingerprint density at radius 2 is 2.12 bits per heavy atom. The zero-order valence-corrected chi connectivity index (χ0v) is 15.5. The summed E-state index contributed by atoms with van der Waals surface area (Å²) < 4.78 is 0. The highest BCUT2D eigenvalue weighted by Crippen LogP contribution is 2.41. The van der Waals surface area contributed by atoms with Gasteiger partial charge in [0.1, 0.15) is 0 Å². The van der Waals surface area contributed by atoms with Crippen molar-refractivity contribution < 1.29 is 4.79 Å². The molecule has 2 aliphatic heterocycles. The van der Waals surface area contributed by atoms with E-state index in [0.717, 1.165) is 44.6 Å². The van der Waals surface area contributed by atoms with E-state index in [-0.39, 0.29) is 11.4 Å². The van der Waals surface area contributed by atoms with Gasteiger partial charge >= 0.3 is 0 Å². The summed E-state index contributed by atoms with van der Waals surface area (Å²) in [6, 6.07) is 12.6. The first kappa shape index (κ1) is 17.2. The molecular weight excluding hydrogens is 322 g/mol. The third-order valence-corrected chi connectivity index (χ3v) is 5.86. The lowest BCUT2D eigenvalue weighted by atomic mass is 9.82. The largest absolute Gasteiger partial charge is 0.310 e. The van der Waals surface area contributed by atoms with Crippen molar-refractivity contribution in [1.29, 1.82) is 0 Å². The van der Waals surface area contributed by atoms with Gasteiger partial charge in [0.05, 0.1) is 0 Å². The third-order valence-electron chi connectivity index (χ3n) is 5.86. The Morgan fingerprint density at radius 3 is 2.92 bits per heavy atom. The molecule has 26 heavy (non-hydrogen) atoms. The van der Waals surface area contributed by atoms with Crippen LogP contribution in [-0.4, -0.2) is 34.4 Å². The van der Waals surface area contributed by atoms with E-state index in [1.165, 1.54) is 17.5 Å². The van der Waals surface area contributed by atoms with Crippen molar-refractivity contribution >= 4 is 11.6 Å². The van der Waals surface area contributed by atoms with Gasteiger partial charge in [0.25, 0.3) is 0 Å². The van der Waals surface area contributed by atoms with Gasteiger partial charge in [-0.3, -0.25) is 14.7 Å². The quantitative estimate of drug-likeness (QED) is 0.842. The van der Waals surface area contributed by atoms with E-state index in [2.05, 4.69) is 46.0 Å². The van der Waals surface area contributed by atoms with Crippen molar-refractivity contribution in [3.63, 3.8) is 0 Å². The number of likely N-dealkylation sites (tertiary alicyclic amines) is 1. The van der Waals surface area contributed by atoms with Crippen LogP contribution in [0, 0.1) is 0 Å². The van der Waals surface area contributed by atoms with Crippen LogP contribution < -0.4 is 4.90 Å². The number of nitrogens with zero attached hydrogens (tertiary/aromatic N) is 3. The Balaban J connectivity index is 1.66. The molecule has 0 saturated carbocycles. The molecule has 0 bridgehead atoms. The first-order valence-corrected chi connectivity index (χ1v) is 9.74. The minimum atomic E-state index is 0.0492. The molecule has 0 radical (unpaired) electrons. The summed E-state index contributed by atoms with van der Waals surface area (Å²) in [5, 5.41) is 0. The van der Waals surface area contributed by atoms with E-state index < -0.39 is 0 Å². The number of anilines is 1.